The largest absolute Gasteiger partial charge is 0.388 e. The molecule has 1 aromatic rings. The third-order valence-corrected chi connectivity index (χ3v) is 2.53. The molecule has 1 nitrogen and oxygen atoms in total. The molecule has 1 aromatic carbocycles. The van der Waals surface area contributed by atoms with Crippen molar-refractivity contribution in [2.24, 2.45) is 0 Å². The second-order valence-electron chi connectivity index (χ2n) is 3.40. The zero-order valence-corrected chi connectivity index (χ0v) is 9.17. The number of hydrogen-bond donors (Lipinski definition) is 1. The predicted molar refractivity (Wildman–Crippen MR) is 60.4 cm³/mol. The van der Waals surface area contributed by atoms with Crippen molar-refractivity contribution in [1.29, 1.82) is 0 Å². The lowest BCUT2D eigenvalue weighted by molar-refractivity contribution is 0.165. The lowest BCUT2D eigenvalue weighted by atomic mass is 10.0. The summed E-state index contributed by atoms with van der Waals surface area (Å²) in [6.45, 7) is 3.60. The number of allylic oxidation sites excluding steroid dienone is 1. The van der Waals surface area contributed by atoms with Crippen molar-refractivity contribution in [2.45, 2.75) is 25.4 Å². The van der Waals surface area contributed by atoms with Crippen molar-refractivity contribution in [2.75, 3.05) is 0 Å². The normalized spacial score (nSPS) is 12.5. The topological polar surface area (TPSA) is 20.2 Å². The third kappa shape index (κ3) is 3.65. The van der Waals surface area contributed by atoms with Crippen LogP contribution in [0.25, 0.3) is 0 Å². The molecule has 3 heteroatoms. The Balaban J connectivity index is 2.64. The summed E-state index contributed by atoms with van der Waals surface area (Å²) in [5.41, 5.74) is 0.585. The summed E-state index contributed by atoms with van der Waals surface area (Å²) in [6.07, 6.45) is 3.49. The number of benzene rings is 1. The Hall–Kier alpha value is -0.860. The highest BCUT2D eigenvalue weighted by molar-refractivity contribution is 6.31. The zero-order valence-electron chi connectivity index (χ0n) is 8.42. The molecule has 1 atom stereocenters. The maximum atomic E-state index is 12.7. The molecular weight excluding hydrogens is 215 g/mol. The Morgan fingerprint density at radius 3 is 2.87 bits per heavy atom. The van der Waals surface area contributed by atoms with Crippen LogP contribution in [-0.4, -0.2) is 5.11 Å². The van der Waals surface area contributed by atoms with Gasteiger partial charge in [0.25, 0.3) is 0 Å². The minimum absolute atomic E-state index is 0.279. The Morgan fingerprint density at radius 1 is 1.53 bits per heavy atom. The summed E-state index contributed by atoms with van der Waals surface area (Å²) in [4.78, 5) is 0. The van der Waals surface area contributed by atoms with Gasteiger partial charge in [0.2, 0.25) is 0 Å². The molecule has 1 unspecified atom stereocenters. The van der Waals surface area contributed by atoms with E-state index in [2.05, 4.69) is 6.58 Å². The van der Waals surface area contributed by atoms with Crippen LogP contribution in [0.5, 0.6) is 0 Å². The molecule has 0 aliphatic carbocycles. The van der Waals surface area contributed by atoms with Gasteiger partial charge in [-0.05, 0) is 37.0 Å². The second kappa shape index (κ2) is 5.89. The Kier molecular flexibility index (Phi) is 4.79. The molecule has 1 rings (SSSR count). The van der Waals surface area contributed by atoms with Crippen LogP contribution in [0.4, 0.5) is 4.39 Å². The van der Waals surface area contributed by atoms with E-state index in [0.29, 0.717) is 12.0 Å². The SMILES string of the molecule is C=CCCCC(O)c1ccc(F)cc1Cl. The number of hydrogen-bond acceptors (Lipinski definition) is 1. The third-order valence-electron chi connectivity index (χ3n) is 2.21. The molecule has 0 saturated carbocycles. The summed E-state index contributed by atoms with van der Waals surface area (Å²) < 4.78 is 12.7. The summed E-state index contributed by atoms with van der Waals surface area (Å²) in [5.74, 6) is -0.387. The molecule has 0 amide bonds. The van der Waals surface area contributed by atoms with E-state index >= 15 is 0 Å². The van der Waals surface area contributed by atoms with Gasteiger partial charge in [-0.15, -0.1) is 6.58 Å². The van der Waals surface area contributed by atoms with Crippen LogP contribution in [0.3, 0.4) is 0 Å². The highest BCUT2D eigenvalue weighted by Gasteiger charge is 2.11. The lowest BCUT2D eigenvalue weighted by Crippen LogP contribution is -1.98. The Morgan fingerprint density at radius 2 is 2.27 bits per heavy atom. The van der Waals surface area contributed by atoms with E-state index in [-0.39, 0.29) is 10.8 Å². The van der Waals surface area contributed by atoms with Gasteiger partial charge in [-0.25, -0.2) is 4.39 Å². The predicted octanol–water partition coefficient (Wildman–Crippen LogP) is 3.87. The minimum Gasteiger partial charge on any atom is -0.388 e. The average molecular weight is 229 g/mol. The molecule has 0 aromatic heterocycles. The fourth-order valence-electron chi connectivity index (χ4n) is 1.38. The number of rotatable bonds is 5. The van der Waals surface area contributed by atoms with E-state index in [1.807, 2.05) is 0 Å². The summed E-state index contributed by atoms with van der Waals surface area (Å²) >= 11 is 5.82. The van der Waals surface area contributed by atoms with Gasteiger partial charge >= 0.3 is 0 Å². The second-order valence-corrected chi connectivity index (χ2v) is 3.81. The molecule has 0 spiro atoms. The summed E-state index contributed by atoms with van der Waals surface area (Å²) in [7, 11) is 0. The monoisotopic (exact) mass is 228 g/mol. The van der Waals surface area contributed by atoms with Crippen LogP contribution in [-0.2, 0) is 0 Å². The molecule has 0 saturated heterocycles. The first-order valence-electron chi connectivity index (χ1n) is 4.89. The Labute approximate surface area is 94.2 Å². The van der Waals surface area contributed by atoms with Crippen molar-refractivity contribution >= 4 is 11.6 Å². The van der Waals surface area contributed by atoms with E-state index < -0.39 is 6.10 Å². The highest BCUT2D eigenvalue weighted by atomic mass is 35.5. The molecule has 0 bridgehead atoms. The number of aliphatic hydroxyl groups is 1. The van der Waals surface area contributed by atoms with E-state index in [9.17, 15) is 9.50 Å². The number of halogens is 2. The molecule has 0 aliphatic heterocycles. The molecule has 1 N–H and O–H groups in total. The smallest absolute Gasteiger partial charge is 0.124 e. The van der Waals surface area contributed by atoms with Crippen LogP contribution in [0.1, 0.15) is 30.9 Å². The van der Waals surface area contributed by atoms with Crippen molar-refractivity contribution < 1.29 is 9.50 Å². The molecule has 0 fully saturated rings. The Bertz CT molecular complexity index is 338. The van der Waals surface area contributed by atoms with Crippen molar-refractivity contribution in [1.82, 2.24) is 0 Å². The highest BCUT2D eigenvalue weighted by Crippen LogP contribution is 2.27. The molecule has 82 valence electrons. The number of aliphatic hydroxyl groups excluding tert-OH is 1. The lowest BCUT2D eigenvalue weighted by Gasteiger charge is -2.11. The van der Waals surface area contributed by atoms with Crippen LogP contribution >= 0.6 is 11.6 Å². The molecule has 0 radical (unpaired) electrons. The zero-order chi connectivity index (χ0) is 11.3. The van der Waals surface area contributed by atoms with Gasteiger partial charge < -0.3 is 5.11 Å². The van der Waals surface area contributed by atoms with Gasteiger partial charge in [-0.3, -0.25) is 0 Å². The van der Waals surface area contributed by atoms with Gasteiger partial charge in [-0.1, -0.05) is 23.7 Å². The molecule has 0 aliphatic rings. The first-order valence-corrected chi connectivity index (χ1v) is 5.27. The number of unbranched alkanes of at least 4 members (excludes halogenated alkanes) is 1. The molecule has 0 heterocycles. The first kappa shape index (κ1) is 12.2. The van der Waals surface area contributed by atoms with Crippen LogP contribution in [0.15, 0.2) is 30.9 Å². The maximum Gasteiger partial charge on any atom is 0.124 e. The van der Waals surface area contributed by atoms with Crippen LogP contribution < -0.4 is 0 Å². The van der Waals surface area contributed by atoms with Gasteiger partial charge in [0.1, 0.15) is 5.82 Å². The fourth-order valence-corrected chi connectivity index (χ4v) is 1.68. The minimum atomic E-state index is -0.627. The standard InChI is InChI=1S/C12H14ClFO/c1-2-3-4-5-12(15)10-7-6-9(14)8-11(10)13/h2,6-8,12,15H,1,3-5H2. The van der Waals surface area contributed by atoms with Gasteiger partial charge in [0.15, 0.2) is 0 Å². The van der Waals surface area contributed by atoms with E-state index in [0.717, 1.165) is 12.8 Å². The van der Waals surface area contributed by atoms with E-state index in [1.54, 1.807) is 6.08 Å². The van der Waals surface area contributed by atoms with Crippen molar-refractivity contribution in [3.05, 3.63) is 47.3 Å². The van der Waals surface area contributed by atoms with Crippen molar-refractivity contribution in [3.63, 3.8) is 0 Å². The molecule has 15 heavy (non-hydrogen) atoms. The summed E-state index contributed by atoms with van der Waals surface area (Å²) in [5, 5.41) is 10.1. The van der Waals surface area contributed by atoms with Gasteiger partial charge in [0.05, 0.1) is 6.10 Å². The maximum absolute atomic E-state index is 12.7. The molecular formula is C12H14ClFO. The van der Waals surface area contributed by atoms with Gasteiger partial charge in [-0.2, -0.15) is 0 Å². The quantitative estimate of drug-likeness (QED) is 0.599. The fraction of sp³-hybridized carbons (Fsp3) is 0.333. The van der Waals surface area contributed by atoms with Crippen LogP contribution in [0, 0.1) is 5.82 Å². The van der Waals surface area contributed by atoms with Gasteiger partial charge in [0, 0.05) is 5.02 Å². The van der Waals surface area contributed by atoms with E-state index in [1.165, 1.54) is 18.2 Å². The first-order chi connectivity index (χ1) is 7.15. The van der Waals surface area contributed by atoms with E-state index in [4.69, 9.17) is 11.6 Å². The summed E-state index contributed by atoms with van der Waals surface area (Å²) in [6, 6.07) is 4.04. The average Bonchev–Trinajstić information content (AvgIpc) is 2.17. The van der Waals surface area contributed by atoms with Crippen molar-refractivity contribution in [3.8, 4) is 0 Å². The van der Waals surface area contributed by atoms with Crippen LogP contribution in [0.2, 0.25) is 5.02 Å².